The van der Waals surface area contributed by atoms with Gasteiger partial charge in [-0.15, -0.1) is 6.58 Å². The fourth-order valence-corrected chi connectivity index (χ4v) is 2.40. The van der Waals surface area contributed by atoms with Crippen LogP contribution in [0.4, 0.5) is 0 Å². The molecular weight excluding hydrogens is 316 g/mol. The average Bonchev–Trinajstić information content (AvgIpc) is 2.51. The third-order valence-electron chi connectivity index (χ3n) is 3.42. The highest BCUT2D eigenvalue weighted by molar-refractivity contribution is 7.88. The van der Waals surface area contributed by atoms with Crippen molar-refractivity contribution in [1.29, 1.82) is 0 Å². The molecule has 1 amide bonds. The maximum Gasteiger partial charge on any atom is 0.224 e. The highest BCUT2D eigenvalue weighted by Crippen LogP contribution is 2.15. The normalized spacial score (nSPS) is 11.3. The Labute approximate surface area is 138 Å². The summed E-state index contributed by atoms with van der Waals surface area (Å²) in [7, 11) is -0.228. The van der Waals surface area contributed by atoms with Crippen molar-refractivity contribution in [3.05, 3.63) is 42.5 Å². The number of ether oxygens (including phenoxy) is 1. The smallest absolute Gasteiger partial charge is 0.224 e. The Morgan fingerprint density at radius 3 is 2.65 bits per heavy atom. The molecule has 0 spiro atoms. The Morgan fingerprint density at radius 2 is 2.09 bits per heavy atom. The zero-order chi connectivity index (χ0) is 17.5. The molecule has 1 aromatic rings. The molecule has 1 aromatic carbocycles. The van der Waals surface area contributed by atoms with Gasteiger partial charge in [-0.2, -0.15) is 0 Å². The van der Waals surface area contributed by atoms with Crippen molar-refractivity contribution in [2.45, 2.75) is 13.0 Å². The molecule has 0 atom stereocenters. The summed E-state index contributed by atoms with van der Waals surface area (Å²) in [6.07, 6.45) is 2.90. The lowest BCUT2D eigenvalue weighted by molar-refractivity contribution is -0.131. The summed E-state index contributed by atoms with van der Waals surface area (Å²) < 4.78 is 29.1. The second-order valence-electron chi connectivity index (χ2n) is 5.25. The van der Waals surface area contributed by atoms with Crippen molar-refractivity contribution >= 4 is 15.9 Å². The van der Waals surface area contributed by atoms with Crippen LogP contribution in [0.25, 0.3) is 0 Å². The molecule has 0 aromatic heterocycles. The summed E-state index contributed by atoms with van der Waals surface area (Å²) >= 11 is 0. The third kappa shape index (κ3) is 6.42. The largest absolute Gasteiger partial charge is 0.497 e. The zero-order valence-electron chi connectivity index (χ0n) is 13.9. The molecule has 0 N–H and O–H groups in total. The van der Waals surface area contributed by atoms with Crippen LogP contribution in [0.15, 0.2) is 36.9 Å². The first-order valence-corrected chi connectivity index (χ1v) is 9.05. The van der Waals surface area contributed by atoms with Gasteiger partial charge in [0.25, 0.3) is 0 Å². The number of amides is 1. The minimum Gasteiger partial charge on any atom is -0.497 e. The fourth-order valence-electron chi connectivity index (χ4n) is 1.98. The summed E-state index contributed by atoms with van der Waals surface area (Å²) in [6.45, 7) is 4.65. The molecule has 0 bridgehead atoms. The van der Waals surface area contributed by atoms with Crippen LogP contribution in [0, 0.1) is 0 Å². The summed E-state index contributed by atoms with van der Waals surface area (Å²) in [5, 5.41) is 0. The number of sulfonamides is 1. The average molecular weight is 340 g/mol. The van der Waals surface area contributed by atoms with Crippen molar-refractivity contribution in [3.63, 3.8) is 0 Å². The standard InChI is InChI=1S/C16H24N2O4S/c1-5-10-18(13-14-7-6-8-15(12-14)22-3)16(19)9-11-17(2)23(4,20)21/h5-8,12H,1,9-11,13H2,2-4H3. The molecule has 0 aliphatic rings. The van der Waals surface area contributed by atoms with Crippen LogP contribution in [-0.4, -0.2) is 57.0 Å². The van der Waals surface area contributed by atoms with E-state index < -0.39 is 10.0 Å². The van der Waals surface area contributed by atoms with Gasteiger partial charge in [0.05, 0.1) is 13.4 Å². The van der Waals surface area contributed by atoms with Gasteiger partial charge in [-0.05, 0) is 17.7 Å². The first-order valence-electron chi connectivity index (χ1n) is 7.21. The Morgan fingerprint density at radius 1 is 1.39 bits per heavy atom. The van der Waals surface area contributed by atoms with E-state index in [-0.39, 0.29) is 18.9 Å². The maximum atomic E-state index is 12.3. The topological polar surface area (TPSA) is 66.9 Å². The minimum absolute atomic E-state index is 0.122. The van der Waals surface area contributed by atoms with Gasteiger partial charge in [0.15, 0.2) is 0 Å². The van der Waals surface area contributed by atoms with E-state index in [9.17, 15) is 13.2 Å². The molecule has 0 aliphatic heterocycles. The van der Waals surface area contributed by atoms with Crippen LogP contribution < -0.4 is 4.74 Å². The molecular formula is C16H24N2O4S. The van der Waals surface area contributed by atoms with E-state index in [1.807, 2.05) is 24.3 Å². The van der Waals surface area contributed by atoms with Crippen LogP contribution >= 0.6 is 0 Å². The molecule has 7 heteroatoms. The van der Waals surface area contributed by atoms with E-state index in [1.165, 1.54) is 11.4 Å². The fraction of sp³-hybridized carbons (Fsp3) is 0.438. The van der Waals surface area contributed by atoms with Gasteiger partial charge in [0.1, 0.15) is 5.75 Å². The second-order valence-corrected chi connectivity index (χ2v) is 7.34. The van der Waals surface area contributed by atoms with Crippen LogP contribution in [-0.2, 0) is 21.4 Å². The maximum absolute atomic E-state index is 12.3. The molecule has 0 aliphatic carbocycles. The third-order valence-corrected chi connectivity index (χ3v) is 4.73. The van der Waals surface area contributed by atoms with Crippen LogP contribution in [0.3, 0.4) is 0 Å². The number of hydrogen-bond donors (Lipinski definition) is 0. The van der Waals surface area contributed by atoms with Crippen molar-refractivity contribution in [2.24, 2.45) is 0 Å². The monoisotopic (exact) mass is 340 g/mol. The SMILES string of the molecule is C=CCN(Cc1cccc(OC)c1)C(=O)CCN(C)S(C)(=O)=O. The molecule has 0 saturated carbocycles. The van der Waals surface area contributed by atoms with Gasteiger partial charge in [-0.25, -0.2) is 12.7 Å². The first-order chi connectivity index (χ1) is 10.8. The molecule has 1 rings (SSSR count). The number of carbonyl (C=O) groups is 1. The number of methoxy groups -OCH3 is 1. The molecule has 0 radical (unpaired) electrons. The first kappa shape index (κ1) is 19.2. The van der Waals surface area contributed by atoms with Crippen molar-refractivity contribution in [3.8, 4) is 5.75 Å². The molecule has 0 unspecified atom stereocenters. The summed E-state index contributed by atoms with van der Waals surface area (Å²) in [5.74, 6) is 0.605. The van der Waals surface area contributed by atoms with E-state index in [0.29, 0.717) is 13.1 Å². The second kappa shape index (κ2) is 8.69. The lowest BCUT2D eigenvalue weighted by atomic mass is 10.2. The van der Waals surface area contributed by atoms with Gasteiger partial charge in [-0.1, -0.05) is 18.2 Å². The molecule has 128 valence electrons. The molecule has 0 fully saturated rings. The van der Waals surface area contributed by atoms with Gasteiger partial charge in [0, 0.05) is 33.1 Å². The number of rotatable bonds is 9. The quantitative estimate of drug-likeness (QED) is 0.639. The number of nitrogens with zero attached hydrogens (tertiary/aromatic N) is 2. The zero-order valence-corrected chi connectivity index (χ0v) is 14.7. The van der Waals surface area contributed by atoms with Gasteiger partial charge in [0.2, 0.25) is 15.9 Å². The van der Waals surface area contributed by atoms with E-state index in [2.05, 4.69) is 6.58 Å². The van der Waals surface area contributed by atoms with Crippen molar-refractivity contribution in [1.82, 2.24) is 9.21 Å². The molecule has 6 nitrogen and oxygen atoms in total. The predicted molar refractivity (Wildman–Crippen MR) is 90.7 cm³/mol. The van der Waals surface area contributed by atoms with E-state index in [4.69, 9.17) is 4.74 Å². The molecule has 0 saturated heterocycles. The van der Waals surface area contributed by atoms with Crippen molar-refractivity contribution in [2.75, 3.05) is 33.5 Å². The van der Waals surface area contributed by atoms with E-state index in [1.54, 1.807) is 18.1 Å². The Kier molecular flexibility index (Phi) is 7.25. The Bertz CT molecular complexity index is 643. The van der Waals surface area contributed by atoms with Gasteiger partial charge in [-0.3, -0.25) is 4.79 Å². The predicted octanol–water partition coefficient (Wildman–Crippen LogP) is 1.49. The molecule has 0 heterocycles. The Hall–Kier alpha value is -1.86. The minimum atomic E-state index is -3.28. The Balaban J connectivity index is 2.73. The van der Waals surface area contributed by atoms with Crippen LogP contribution in [0.5, 0.6) is 5.75 Å². The van der Waals surface area contributed by atoms with Gasteiger partial charge >= 0.3 is 0 Å². The number of hydrogen-bond acceptors (Lipinski definition) is 4. The highest BCUT2D eigenvalue weighted by atomic mass is 32.2. The lowest BCUT2D eigenvalue weighted by Gasteiger charge is -2.23. The van der Waals surface area contributed by atoms with Crippen LogP contribution in [0.1, 0.15) is 12.0 Å². The van der Waals surface area contributed by atoms with E-state index in [0.717, 1.165) is 17.6 Å². The summed E-state index contributed by atoms with van der Waals surface area (Å²) in [5.41, 5.74) is 0.941. The number of carbonyl (C=O) groups excluding carboxylic acids is 1. The highest BCUT2D eigenvalue weighted by Gasteiger charge is 2.17. The lowest BCUT2D eigenvalue weighted by Crippen LogP contribution is -2.35. The van der Waals surface area contributed by atoms with E-state index >= 15 is 0 Å². The summed E-state index contributed by atoms with van der Waals surface area (Å²) in [6, 6.07) is 7.48. The van der Waals surface area contributed by atoms with Gasteiger partial charge < -0.3 is 9.64 Å². The number of benzene rings is 1. The van der Waals surface area contributed by atoms with Crippen LogP contribution in [0.2, 0.25) is 0 Å². The molecule has 23 heavy (non-hydrogen) atoms. The summed E-state index contributed by atoms with van der Waals surface area (Å²) in [4.78, 5) is 14.0. The van der Waals surface area contributed by atoms with Crippen molar-refractivity contribution < 1.29 is 17.9 Å².